The molecule has 138 valence electrons. The van der Waals surface area contributed by atoms with Crippen molar-refractivity contribution in [1.82, 2.24) is 9.80 Å². The lowest BCUT2D eigenvalue weighted by atomic mass is 10.0. The summed E-state index contributed by atoms with van der Waals surface area (Å²) in [6, 6.07) is 3.70. The molecule has 6 nitrogen and oxygen atoms in total. The predicted octanol–water partition coefficient (Wildman–Crippen LogP) is 3.16. The number of methoxy groups -OCH3 is 1. The number of amides is 1. The Morgan fingerprint density at radius 2 is 2.16 bits per heavy atom. The number of likely N-dealkylation sites (tertiary alicyclic amines) is 1. The summed E-state index contributed by atoms with van der Waals surface area (Å²) < 4.78 is 17.0. The maximum atomic E-state index is 11.7. The topological polar surface area (TPSA) is 51.2 Å². The molecule has 1 aromatic rings. The van der Waals surface area contributed by atoms with E-state index in [9.17, 15) is 4.79 Å². The fourth-order valence-electron chi connectivity index (χ4n) is 3.57. The number of hydrogen-bond donors (Lipinski definition) is 0. The molecule has 1 amide bonds. The molecule has 2 aliphatic heterocycles. The van der Waals surface area contributed by atoms with Gasteiger partial charge >= 0.3 is 6.09 Å². The molecule has 0 radical (unpaired) electrons. The maximum absolute atomic E-state index is 11.7. The number of likely N-dealkylation sites (N-methyl/N-ethyl adjacent to an activating group) is 1. The van der Waals surface area contributed by atoms with Crippen molar-refractivity contribution in [2.24, 2.45) is 0 Å². The van der Waals surface area contributed by atoms with Gasteiger partial charge in [-0.3, -0.25) is 4.90 Å². The second-order valence-corrected chi connectivity index (χ2v) is 7.25. The van der Waals surface area contributed by atoms with Crippen LogP contribution < -0.4 is 9.47 Å². The van der Waals surface area contributed by atoms with Crippen molar-refractivity contribution in [1.29, 1.82) is 0 Å². The molecule has 1 spiro atoms. The van der Waals surface area contributed by atoms with Gasteiger partial charge < -0.3 is 19.1 Å². The summed E-state index contributed by atoms with van der Waals surface area (Å²) in [5.74, 6) is 1.40. The standard InChI is InChI=1S/C18H25ClN2O4/c1-4-7-24-16-13(8-14(19)9-15(16)23-3)10-21-6-5-18(12-21)11-20(2)17(22)25-18/h8-9H,4-7,10-12H2,1-3H3/t18-/m1/s1. The average Bonchev–Trinajstić information content (AvgIpc) is 3.08. The molecule has 2 saturated heterocycles. The fourth-order valence-corrected chi connectivity index (χ4v) is 3.80. The molecule has 3 rings (SSSR count). The van der Waals surface area contributed by atoms with Crippen molar-refractivity contribution in [3.8, 4) is 11.5 Å². The summed E-state index contributed by atoms with van der Waals surface area (Å²) in [7, 11) is 3.39. The van der Waals surface area contributed by atoms with Crippen LogP contribution in [0.2, 0.25) is 5.02 Å². The molecule has 0 bridgehead atoms. The highest BCUT2D eigenvalue weighted by Gasteiger charge is 2.48. The highest BCUT2D eigenvalue weighted by Crippen LogP contribution is 2.38. The second-order valence-electron chi connectivity index (χ2n) is 6.81. The largest absolute Gasteiger partial charge is 0.493 e. The van der Waals surface area contributed by atoms with Gasteiger partial charge in [0, 0.05) is 49.8 Å². The van der Waals surface area contributed by atoms with Crippen LogP contribution in [0.5, 0.6) is 11.5 Å². The van der Waals surface area contributed by atoms with Crippen LogP contribution in [-0.4, -0.2) is 61.9 Å². The number of carbonyl (C=O) groups is 1. The van der Waals surface area contributed by atoms with Crippen LogP contribution in [0, 0.1) is 0 Å². The Morgan fingerprint density at radius 1 is 1.36 bits per heavy atom. The highest BCUT2D eigenvalue weighted by molar-refractivity contribution is 6.30. The van der Waals surface area contributed by atoms with Crippen molar-refractivity contribution < 1.29 is 19.0 Å². The summed E-state index contributed by atoms with van der Waals surface area (Å²) in [6.45, 7) is 5.59. The van der Waals surface area contributed by atoms with Gasteiger partial charge in [-0.15, -0.1) is 0 Å². The molecule has 25 heavy (non-hydrogen) atoms. The number of ether oxygens (including phenoxy) is 3. The Morgan fingerprint density at radius 3 is 2.80 bits per heavy atom. The molecule has 0 aromatic heterocycles. The lowest BCUT2D eigenvalue weighted by Gasteiger charge is -2.23. The van der Waals surface area contributed by atoms with E-state index in [1.54, 1.807) is 25.1 Å². The molecule has 2 fully saturated rings. The highest BCUT2D eigenvalue weighted by atomic mass is 35.5. The van der Waals surface area contributed by atoms with Crippen molar-refractivity contribution in [3.05, 3.63) is 22.7 Å². The van der Waals surface area contributed by atoms with Crippen LogP contribution >= 0.6 is 11.6 Å². The van der Waals surface area contributed by atoms with Crippen LogP contribution in [0.15, 0.2) is 12.1 Å². The van der Waals surface area contributed by atoms with Crippen LogP contribution in [-0.2, 0) is 11.3 Å². The normalized spacial score (nSPS) is 23.4. The van der Waals surface area contributed by atoms with Gasteiger partial charge in [0.05, 0.1) is 20.3 Å². The van der Waals surface area contributed by atoms with Crippen molar-refractivity contribution >= 4 is 17.7 Å². The minimum atomic E-state index is -0.390. The zero-order valence-corrected chi connectivity index (χ0v) is 15.8. The van der Waals surface area contributed by atoms with E-state index in [0.29, 0.717) is 37.0 Å². The molecular formula is C18H25ClN2O4. The number of nitrogens with zero attached hydrogens (tertiary/aromatic N) is 2. The Balaban J connectivity index is 1.76. The van der Waals surface area contributed by atoms with Crippen LogP contribution in [0.4, 0.5) is 4.79 Å². The van der Waals surface area contributed by atoms with Crippen molar-refractivity contribution in [2.75, 3.05) is 40.4 Å². The van der Waals surface area contributed by atoms with Gasteiger partial charge in [0.2, 0.25) is 0 Å². The number of halogens is 1. The molecule has 1 atom stereocenters. The van der Waals surface area contributed by atoms with Gasteiger partial charge in [-0.2, -0.15) is 0 Å². The number of carbonyl (C=O) groups excluding carboxylic acids is 1. The first-order valence-electron chi connectivity index (χ1n) is 8.62. The van der Waals surface area contributed by atoms with E-state index in [1.165, 1.54) is 0 Å². The molecule has 0 saturated carbocycles. The van der Waals surface area contributed by atoms with Crippen molar-refractivity contribution in [2.45, 2.75) is 31.9 Å². The fraction of sp³-hybridized carbons (Fsp3) is 0.611. The molecule has 1 aromatic carbocycles. The molecule has 0 aliphatic carbocycles. The predicted molar refractivity (Wildman–Crippen MR) is 95.5 cm³/mol. The SMILES string of the molecule is CCCOc1c(CN2CC[C@]3(C2)CN(C)C(=O)O3)cc(Cl)cc1OC. The van der Waals surface area contributed by atoms with Gasteiger partial charge in [0.15, 0.2) is 11.5 Å². The van der Waals surface area contributed by atoms with E-state index in [2.05, 4.69) is 11.8 Å². The third-order valence-electron chi connectivity index (χ3n) is 4.70. The summed E-state index contributed by atoms with van der Waals surface area (Å²) >= 11 is 6.25. The van der Waals surface area contributed by atoms with Crippen molar-refractivity contribution in [3.63, 3.8) is 0 Å². The Hall–Kier alpha value is -1.66. The Bertz CT molecular complexity index is 654. The average molecular weight is 369 g/mol. The summed E-state index contributed by atoms with van der Waals surface area (Å²) in [5, 5.41) is 0.622. The van der Waals surface area contributed by atoms with Crippen LogP contribution in [0.25, 0.3) is 0 Å². The Labute approximate surface area is 153 Å². The van der Waals surface area contributed by atoms with E-state index in [1.807, 2.05) is 6.07 Å². The van der Waals surface area contributed by atoms with Crippen LogP contribution in [0.3, 0.4) is 0 Å². The van der Waals surface area contributed by atoms with Gasteiger partial charge in [0.1, 0.15) is 5.60 Å². The van der Waals surface area contributed by atoms with E-state index < -0.39 is 0 Å². The minimum absolute atomic E-state index is 0.238. The molecule has 2 aliphatic rings. The summed E-state index contributed by atoms with van der Waals surface area (Å²) in [4.78, 5) is 15.6. The molecular weight excluding hydrogens is 344 g/mol. The first-order chi connectivity index (χ1) is 12.0. The van der Waals surface area contributed by atoms with E-state index in [4.69, 9.17) is 25.8 Å². The summed E-state index contributed by atoms with van der Waals surface area (Å²) in [6.07, 6.45) is 1.52. The first kappa shape index (κ1) is 18.1. The van der Waals surface area contributed by atoms with E-state index >= 15 is 0 Å². The molecule has 0 N–H and O–H groups in total. The minimum Gasteiger partial charge on any atom is -0.493 e. The van der Waals surface area contributed by atoms with E-state index in [0.717, 1.165) is 30.7 Å². The van der Waals surface area contributed by atoms with Gasteiger partial charge in [0.25, 0.3) is 0 Å². The molecule has 7 heteroatoms. The Kier molecular flexibility index (Phi) is 5.29. The second kappa shape index (κ2) is 7.30. The number of rotatable bonds is 6. The first-order valence-corrected chi connectivity index (χ1v) is 9.00. The van der Waals surface area contributed by atoms with E-state index in [-0.39, 0.29) is 11.7 Å². The zero-order valence-electron chi connectivity index (χ0n) is 15.0. The lowest BCUT2D eigenvalue weighted by Crippen LogP contribution is -2.37. The smallest absolute Gasteiger partial charge is 0.410 e. The molecule has 2 heterocycles. The van der Waals surface area contributed by atoms with Gasteiger partial charge in [-0.05, 0) is 12.5 Å². The third-order valence-corrected chi connectivity index (χ3v) is 4.92. The maximum Gasteiger partial charge on any atom is 0.410 e. The summed E-state index contributed by atoms with van der Waals surface area (Å²) in [5.41, 5.74) is 0.603. The monoisotopic (exact) mass is 368 g/mol. The third kappa shape index (κ3) is 3.80. The molecule has 0 unspecified atom stereocenters. The van der Waals surface area contributed by atoms with Gasteiger partial charge in [-0.1, -0.05) is 18.5 Å². The lowest BCUT2D eigenvalue weighted by molar-refractivity contribution is 0.0626. The quantitative estimate of drug-likeness (QED) is 0.772. The van der Waals surface area contributed by atoms with Gasteiger partial charge in [-0.25, -0.2) is 4.79 Å². The zero-order chi connectivity index (χ0) is 18.0. The van der Waals surface area contributed by atoms with Crippen LogP contribution in [0.1, 0.15) is 25.3 Å². The number of hydrogen-bond acceptors (Lipinski definition) is 5. The number of benzene rings is 1.